The van der Waals surface area contributed by atoms with Gasteiger partial charge in [0.05, 0.1) is 24.4 Å². The van der Waals surface area contributed by atoms with Crippen molar-refractivity contribution >= 4 is 28.5 Å². The quantitative estimate of drug-likeness (QED) is 0.277. The summed E-state index contributed by atoms with van der Waals surface area (Å²) < 4.78 is 7.39. The standard InChI is InChI=1S/C25H27N9O2/c1-4-21-30-24(36-33-21)18-13-27-25(32-23(18)29-19(14-35)16-8-6-5-7-9-16)31-22-10-20-17(11-26-22)12-28-34(20)15(2)3/h5-13,15,19,35H,4,14H2,1-3H3,(H2,26,27,29,31,32)/t19-/m1/s1. The molecule has 4 aromatic heterocycles. The average Bonchev–Trinajstić information content (AvgIpc) is 3.55. The second kappa shape index (κ2) is 10.1. The molecule has 11 nitrogen and oxygen atoms in total. The van der Waals surface area contributed by atoms with Crippen molar-refractivity contribution in [2.24, 2.45) is 0 Å². The van der Waals surface area contributed by atoms with Crippen molar-refractivity contribution in [1.29, 1.82) is 0 Å². The summed E-state index contributed by atoms with van der Waals surface area (Å²) in [6.45, 7) is 5.96. The maximum Gasteiger partial charge on any atom is 0.263 e. The zero-order valence-electron chi connectivity index (χ0n) is 20.3. The fraction of sp³-hybridized carbons (Fsp3) is 0.280. The van der Waals surface area contributed by atoms with Crippen molar-refractivity contribution in [3.8, 4) is 11.5 Å². The van der Waals surface area contributed by atoms with Crippen molar-refractivity contribution in [3.05, 3.63) is 66.4 Å². The van der Waals surface area contributed by atoms with E-state index in [-0.39, 0.29) is 12.6 Å². The zero-order chi connectivity index (χ0) is 25.1. The second-order valence-electron chi connectivity index (χ2n) is 8.55. The van der Waals surface area contributed by atoms with Gasteiger partial charge in [-0.1, -0.05) is 42.4 Å². The Kier molecular flexibility index (Phi) is 6.54. The Morgan fingerprint density at radius 3 is 2.61 bits per heavy atom. The molecule has 0 saturated carbocycles. The van der Waals surface area contributed by atoms with Crippen LogP contribution in [0.4, 0.5) is 17.6 Å². The van der Waals surface area contributed by atoms with Gasteiger partial charge in [0.25, 0.3) is 5.89 Å². The number of anilines is 3. The van der Waals surface area contributed by atoms with Gasteiger partial charge in [-0.3, -0.25) is 4.68 Å². The average molecular weight is 486 g/mol. The van der Waals surface area contributed by atoms with Crippen LogP contribution in [0.15, 0.2) is 59.5 Å². The molecule has 5 aromatic rings. The van der Waals surface area contributed by atoms with Gasteiger partial charge in [-0.05, 0) is 19.4 Å². The third-order valence-electron chi connectivity index (χ3n) is 5.71. The molecule has 5 rings (SSSR count). The maximum atomic E-state index is 10.1. The van der Waals surface area contributed by atoms with E-state index in [0.717, 1.165) is 16.5 Å². The molecule has 0 amide bonds. The van der Waals surface area contributed by atoms with Crippen LogP contribution in [-0.4, -0.2) is 46.6 Å². The van der Waals surface area contributed by atoms with Crippen LogP contribution >= 0.6 is 0 Å². The number of fused-ring (bicyclic) bond motifs is 1. The first-order valence-corrected chi connectivity index (χ1v) is 11.8. The Morgan fingerprint density at radius 1 is 1.06 bits per heavy atom. The van der Waals surface area contributed by atoms with Crippen LogP contribution in [0.2, 0.25) is 0 Å². The summed E-state index contributed by atoms with van der Waals surface area (Å²) >= 11 is 0. The smallest absolute Gasteiger partial charge is 0.263 e. The van der Waals surface area contributed by atoms with Gasteiger partial charge in [-0.25, -0.2) is 9.97 Å². The fourth-order valence-corrected chi connectivity index (χ4v) is 3.83. The predicted molar refractivity (Wildman–Crippen MR) is 136 cm³/mol. The molecule has 11 heteroatoms. The molecular formula is C25H27N9O2. The topological polar surface area (TPSA) is 140 Å². The van der Waals surface area contributed by atoms with Crippen LogP contribution in [0.3, 0.4) is 0 Å². The molecule has 1 aromatic carbocycles. The number of nitrogens with zero attached hydrogens (tertiary/aromatic N) is 7. The van der Waals surface area contributed by atoms with Gasteiger partial charge in [-0.15, -0.1) is 0 Å². The number of hydrogen-bond acceptors (Lipinski definition) is 10. The van der Waals surface area contributed by atoms with Gasteiger partial charge < -0.3 is 20.3 Å². The minimum atomic E-state index is -0.406. The molecule has 184 valence electrons. The van der Waals surface area contributed by atoms with E-state index in [0.29, 0.717) is 41.3 Å². The van der Waals surface area contributed by atoms with Crippen molar-refractivity contribution in [2.75, 3.05) is 17.2 Å². The molecule has 0 aliphatic carbocycles. The molecule has 0 unspecified atom stereocenters. The zero-order valence-corrected chi connectivity index (χ0v) is 20.3. The summed E-state index contributed by atoms with van der Waals surface area (Å²) in [7, 11) is 0. The summed E-state index contributed by atoms with van der Waals surface area (Å²) in [6, 6.07) is 11.4. The van der Waals surface area contributed by atoms with E-state index >= 15 is 0 Å². The Hall–Kier alpha value is -4.38. The Morgan fingerprint density at radius 2 is 1.89 bits per heavy atom. The molecule has 1 atom stereocenters. The maximum absolute atomic E-state index is 10.1. The second-order valence-corrected chi connectivity index (χ2v) is 8.55. The van der Waals surface area contributed by atoms with Gasteiger partial charge in [-0.2, -0.15) is 15.1 Å². The van der Waals surface area contributed by atoms with Crippen LogP contribution in [0.5, 0.6) is 0 Å². The number of aliphatic hydroxyl groups is 1. The minimum absolute atomic E-state index is 0.141. The largest absolute Gasteiger partial charge is 0.394 e. The fourth-order valence-electron chi connectivity index (χ4n) is 3.83. The number of aryl methyl sites for hydroxylation is 1. The SMILES string of the molecule is CCc1noc(-c2cnc(Nc3cc4c(cn3)cnn4C(C)C)nc2N[C@H](CO)c2ccccc2)n1. The first kappa shape index (κ1) is 23.4. The van der Waals surface area contributed by atoms with Crippen molar-refractivity contribution in [2.45, 2.75) is 39.3 Å². The summed E-state index contributed by atoms with van der Waals surface area (Å²) in [6.07, 6.45) is 5.81. The molecule has 3 N–H and O–H groups in total. The molecule has 0 saturated heterocycles. The molecule has 36 heavy (non-hydrogen) atoms. The number of aliphatic hydroxyl groups excluding tert-OH is 1. The lowest BCUT2D eigenvalue weighted by Crippen LogP contribution is -2.17. The number of rotatable bonds is 9. The molecule has 0 fully saturated rings. The number of pyridine rings is 1. The normalized spacial score (nSPS) is 12.2. The van der Waals surface area contributed by atoms with E-state index in [1.807, 2.05) is 48.0 Å². The minimum Gasteiger partial charge on any atom is -0.394 e. The molecule has 0 aliphatic rings. The number of nitrogens with one attached hydrogen (secondary N) is 2. The Balaban J connectivity index is 1.51. The Bertz CT molecular complexity index is 1460. The lowest BCUT2D eigenvalue weighted by atomic mass is 10.1. The van der Waals surface area contributed by atoms with Gasteiger partial charge in [0.1, 0.15) is 17.2 Å². The number of hydrogen-bond donors (Lipinski definition) is 3. The van der Waals surface area contributed by atoms with Crippen LogP contribution in [-0.2, 0) is 6.42 Å². The summed E-state index contributed by atoms with van der Waals surface area (Å²) in [5, 5.41) is 26.0. The van der Waals surface area contributed by atoms with Crippen LogP contribution in [0.25, 0.3) is 22.4 Å². The van der Waals surface area contributed by atoms with Crippen molar-refractivity contribution < 1.29 is 9.63 Å². The highest BCUT2D eigenvalue weighted by Gasteiger charge is 2.20. The predicted octanol–water partition coefficient (Wildman–Crippen LogP) is 4.30. The van der Waals surface area contributed by atoms with Gasteiger partial charge in [0.15, 0.2) is 5.82 Å². The Labute approximate surface area is 207 Å². The summed E-state index contributed by atoms with van der Waals surface area (Å²) in [5.41, 5.74) is 2.40. The van der Waals surface area contributed by atoms with Crippen LogP contribution in [0.1, 0.15) is 44.2 Å². The van der Waals surface area contributed by atoms with Gasteiger partial charge >= 0.3 is 0 Å². The lowest BCUT2D eigenvalue weighted by molar-refractivity contribution is 0.276. The van der Waals surface area contributed by atoms with Crippen molar-refractivity contribution in [3.63, 3.8) is 0 Å². The molecular weight excluding hydrogens is 458 g/mol. The van der Waals surface area contributed by atoms with E-state index in [1.165, 1.54) is 0 Å². The molecule has 0 aliphatic heterocycles. The first-order valence-electron chi connectivity index (χ1n) is 11.8. The van der Waals surface area contributed by atoms with Crippen LogP contribution in [0, 0.1) is 0 Å². The molecule has 0 bridgehead atoms. The molecule has 0 radical (unpaired) electrons. The summed E-state index contributed by atoms with van der Waals surface area (Å²) in [5.74, 6) is 2.22. The highest BCUT2D eigenvalue weighted by Crippen LogP contribution is 2.30. The third-order valence-corrected chi connectivity index (χ3v) is 5.71. The summed E-state index contributed by atoms with van der Waals surface area (Å²) in [4.78, 5) is 18.1. The van der Waals surface area contributed by atoms with E-state index < -0.39 is 6.04 Å². The number of benzene rings is 1. The monoisotopic (exact) mass is 485 g/mol. The highest BCUT2D eigenvalue weighted by molar-refractivity contribution is 5.81. The van der Waals surface area contributed by atoms with Crippen LogP contribution < -0.4 is 10.6 Å². The van der Waals surface area contributed by atoms with E-state index in [1.54, 1.807) is 18.6 Å². The van der Waals surface area contributed by atoms with Gasteiger partial charge in [0, 0.05) is 36.3 Å². The van der Waals surface area contributed by atoms with Gasteiger partial charge in [0.2, 0.25) is 5.95 Å². The third kappa shape index (κ3) is 4.73. The lowest BCUT2D eigenvalue weighted by Gasteiger charge is -2.19. The number of aromatic nitrogens is 7. The van der Waals surface area contributed by atoms with E-state index in [4.69, 9.17) is 4.52 Å². The highest BCUT2D eigenvalue weighted by atomic mass is 16.5. The first-order chi connectivity index (χ1) is 17.6. The molecule has 0 spiro atoms. The molecule has 4 heterocycles. The van der Waals surface area contributed by atoms with Crippen molar-refractivity contribution in [1.82, 2.24) is 34.9 Å². The van der Waals surface area contributed by atoms with E-state index in [9.17, 15) is 5.11 Å². The van der Waals surface area contributed by atoms with E-state index in [2.05, 4.69) is 54.7 Å².